The average Bonchev–Trinajstić information content (AvgIpc) is 3.25. The maximum absolute atomic E-state index is 14.0. The lowest BCUT2D eigenvalue weighted by Gasteiger charge is -2.18. The van der Waals surface area contributed by atoms with E-state index in [4.69, 9.17) is 4.74 Å². The molecule has 2 rings (SSSR count). The molecule has 0 atom stereocenters. The van der Waals surface area contributed by atoms with E-state index in [0.29, 0.717) is 31.0 Å². The van der Waals surface area contributed by atoms with Crippen LogP contribution in [0.1, 0.15) is 39.0 Å². The monoisotopic (exact) mass is 279 g/mol. The Hall–Kier alpha value is -1.58. The zero-order chi connectivity index (χ0) is 14.4. The fraction of sp³-hybridized carbons (Fsp3) is 0.562. The van der Waals surface area contributed by atoms with E-state index in [1.807, 2.05) is 6.92 Å². The van der Waals surface area contributed by atoms with Gasteiger partial charge in [0, 0.05) is 12.6 Å². The molecule has 0 spiro atoms. The van der Waals surface area contributed by atoms with Crippen molar-refractivity contribution in [3.05, 3.63) is 24.0 Å². The van der Waals surface area contributed by atoms with Crippen LogP contribution in [0.5, 0.6) is 5.75 Å². The summed E-state index contributed by atoms with van der Waals surface area (Å²) in [6, 6.07) is 4.71. The van der Waals surface area contributed by atoms with Gasteiger partial charge in [0.2, 0.25) is 6.41 Å². The Morgan fingerprint density at radius 2 is 2.25 bits per heavy atom. The average molecular weight is 279 g/mol. The summed E-state index contributed by atoms with van der Waals surface area (Å²) in [4.78, 5) is 12.4. The third kappa shape index (κ3) is 4.22. The molecule has 1 amide bonds. The summed E-state index contributed by atoms with van der Waals surface area (Å²) in [7, 11) is 0. The molecule has 110 valence electrons. The number of nitrogens with zero attached hydrogens (tertiary/aromatic N) is 1. The maximum atomic E-state index is 14.0. The van der Waals surface area contributed by atoms with E-state index in [9.17, 15) is 9.18 Å². The predicted octanol–water partition coefficient (Wildman–Crippen LogP) is 3.77. The summed E-state index contributed by atoms with van der Waals surface area (Å²) in [5.74, 6) is 0.934. The van der Waals surface area contributed by atoms with E-state index in [1.54, 1.807) is 12.1 Å². The van der Waals surface area contributed by atoms with Crippen molar-refractivity contribution < 1.29 is 13.9 Å². The van der Waals surface area contributed by atoms with Crippen molar-refractivity contribution in [3.63, 3.8) is 0 Å². The molecule has 1 aromatic rings. The molecule has 0 radical (unpaired) electrons. The van der Waals surface area contributed by atoms with E-state index < -0.39 is 5.82 Å². The number of carbonyl (C=O) groups excluding carboxylic acids is 1. The molecule has 0 aliphatic heterocycles. The lowest BCUT2D eigenvalue weighted by molar-refractivity contribution is -0.107. The molecule has 0 bridgehead atoms. The van der Waals surface area contributed by atoms with Crippen molar-refractivity contribution >= 4 is 12.1 Å². The third-order valence-electron chi connectivity index (χ3n) is 3.60. The molecule has 0 saturated heterocycles. The highest BCUT2D eigenvalue weighted by Gasteiger charge is 2.20. The number of halogens is 1. The van der Waals surface area contributed by atoms with Crippen molar-refractivity contribution in [1.82, 2.24) is 0 Å². The van der Waals surface area contributed by atoms with Gasteiger partial charge in [-0.1, -0.05) is 26.2 Å². The van der Waals surface area contributed by atoms with Gasteiger partial charge in [0.25, 0.3) is 0 Å². The van der Waals surface area contributed by atoms with Crippen LogP contribution in [0.3, 0.4) is 0 Å². The lowest BCUT2D eigenvalue weighted by Crippen LogP contribution is -2.23. The maximum Gasteiger partial charge on any atom is 0.214 e. The summed E-state index contributed by atoms with van der Waals surface area (Å²) in [5.41, 5.74) is 0.322. The number of hydrogen-bond acceptors (Lipinski definition) is 2. The molecule has 0 unspecified atom stereocenters. The topological polar surface area (TPSA) is 29.5 Å². The predicted molar refractivity (Wildman–Crippen MR) is 77.6 cm³/mol. The summed E-state index contributed by atoms with van der Waals surface area (Å²) in [6.07, 6.45) is 6.14. The molecule has 1 saturated carbocycles. The molecule has 1 aromatic carbocycles. The quantitative estimate of drug-likeness (QED) is 0.644. The first kappa shape index (κ1) is 14.8. The number of hydrogen-bond donors (Lipinski definition) is 0. The second-order valence-corrected chi connectivity index (χ2v) is 5.35. The van der Waals surface area contributed by atoms with Crippen LogP contribution in [0.25, 0.3) is 0 Å². The number of ether oxygens (including phenoxy) is 1. The van der Waals surface area contributed by atoms with Crippen LogP contribution in [-0.4, -0.2) is 19.6 Å². The summed E-state index contributed by atoms with van der Waals surface area (Å²) in [6.45, 7) is 3.21. The molecule has 1 aliphatic carbocycles. The molecule has 0 aromatic heterocycles. The second kappa shape index (κ2) is 7.27. The lowest BCUT2D eigenvalue weighted by atomic mass is 10.2. The van der Waals surface area contributed by atoms with E-state index in [0.717, 1.165) is 25.2 Å². The minimum atomic E-state index is -0.405. The van der Waals surface area contributed by atoms with Crippen LogP contribution in [0.15, 0.2) is 18.2 Å². The van der Waals surface area contributed by atoms with Crippen molar-refractivity contribution in [1.29, 1.82) is 0 Å². The Balaban J connectivity index is 1.94. The molecule has 0 heterocycles. The number of carbonyl (C=O) groups is 1. The zero-order valence-corrected chi connectivity index (χ0v) is 12.0. The van der Waals surface area contributed by atoms with Gasteiger partial charge < -0.3 is 9.64 Å². The highest BCUT2D eigenvalue weighted by Crippen LogP contribution is 2.32. The first-order valence-corrected chi connectivity index (χ1v) is 7.39. The van der Waals surface area contributed by atoms with E-state index in [-0.39, 0.29) is 0 Å². The largest absolute Gasteiger partial charge is 0.493 e. The van der Waals surface area contributed by atoms with Gasteiger partial charge in [-0.05, 0) is 30.9 Å². The van der Waals surface area contributed by atoms with Gasteiger partial charge in [-0.15, -0.1) is 0 Å². The van der Waals surface area contributed by atoms with Crippen molar-refractivity contribution in [2.45, 2.75) is 39.0 Å². The Morgan fingerprint density at radius 3 is 2.85 bits per heavy atom. The van der Waals surface area contributed by atoms with Gasteiger partial charge in [0.05, 0.1) is 12.3 Å². The molecule has 20 heavy (non-hydrogen) atoms. The van der Waals surface area contributed by atoms with Gasteiger partial charge in [0.1, 0.15) is 5.75 Å². The van der Waals surface area contributed by atoms with Crippen LogP contribution >= 0.6 is 0 Å². The fourth-order valence-corrected chi connectivity index (χ4v) is 2.12. The molecule has 0 N–H and O–H groups in total. The SMILES string of the molecule is CCCCN(C=O)c1ccc(OCCC2CC2)cc1F. The highest BCUT2D eigenvalue weighted by atomic mass is 19.1. The van der Waals surface area contributed by atoms with Gasteiger partial charge in [0.15, 0.2) is 5.82 Å². The van der Waals surface area contributed by atoms with Gasteiger partial charge >= 0.3 is 0 Å². The zero-order valence-electron chi connectivity index (χ0n) is 12.0. The van der Waals surface area contributed by atoms with Crippen molar-refractivity contribution in [2.75, 3.05) is 18.1 Å². The van der Waals surface area contributed by atoms with Crippen LogP contribution in [0.2, 0.25) is 0 Å². The minimum Gasteiger partial charge on any atom is -0.493 e. The molecule has 4 heteroatoms. The summed E-state index contributed by atoms with van der Waals surface area (Å²) < 4.78 is 19.6. The number of benzene rings is 1. The van der Waals surface area contributed by atoms with Gasteiger partial charge in [-0.2, -0.15) is 0 Å². The minimum absolute atomic E-state index is 0.322. The van der Waals surface area contributed by atoms with E-state index in [2.05, 4.69) is 0 Å². The Labute approximate surface area is 119 Å². The first-order chi connectivity index (χ1) is 9.74. The molecular formula is C16H22FNO2. The van der Waals surface area contributed by atoms with E-state index in [1.165, 1.54) is 23.8 Å². The summed E-state index contributed by atoms with van der Waals surface area (Å²) in [5, 5.41) is 0. The van der Waals surface area contributed by atoms with Crippen LogP contribution in [0, 0.1) is 11.7 Å². The number of rotatable bonds is 9. The number of anilines is 1. The van der Waals surface area contributed by atoms with Crippen molar-refractivity contribution in [3.8, 4) is 5.75 Å². The van der Waals surface area contributed by atoms with Crippen LogP contribution in [-0.2, 0) is 4.79 Å². The number of unbranched alkanes of at least 4 members (excludes halogenated alkanes) is 1. The Morgan fingerprint density at radius 1 is 1.45 bits per heavy atom. The fourth-order valence-electron chi connectivity index (χ4n) is 2.12. The molecule has 1 aliphatic rings. The highest BCUT2D eigenvalue weighted by molar-refractivity contribution is 5.75. The number of amides is 1. The normalized spacial score (nSPS) is 14.1. The van der Waals surface area contributed by atoms with E-state index >= 15 is 0 Å². The van der Waals surface area contributed by atoms with Crippen LogP contribution in [0.4, 0.5) is 10.1 Å². The molecule has 3 nitrogen and oxygen atoms in total. The van der Waals surface area contributed by atoms with Crippen LogP contribution < -0.4 is 9.64 Å². The summed E-state index contributed by atoms with van der Waals surface area (Å²) >= 11 is 0. The molecule has 1 fully saturated rings. The Bertz CT molecular complexity index is 446. The second-order valence-electron chi connectivity index (χ2n) is 5.35. The standard InChI is InChI=1S/C16H22FNO2/c1-2-3-9-18(12-19)16-7-6-14(11-15(16)17)20-10-8-13-4-5-13/h6-7,11-13H,2-5,8-10H2,1H3. The van der Waals surface area contributed by atoms with Gasteiger partial charge in [-0.3, -0.25) is 4.79 Å². The van der Waals surface area contributed by atoms with Gasteiger partial charge in [-0.25, -0.2) is 4.39 Å². The Kier molecular flexibility index (Phi) is 5.39. The molecular weight excluding hydrogens is 257 g/mol. The van der Waals surface area contributed by atoms with Crippen molar-refractivity contribution in [2.24, 2.45) is 5.92 Å². The smallest absolute Gasteiger partial charge is 0.214 e. The third-order valence-corrected chi connectivity index (χ3v) is 3.60. The first-order valence-electron chi connectivity index (χ1n) is 7.39.